The third kappa shape index (κ3) is 2.04. The number of anilines is 1. The zero-order valence-electron chi connectivity index (χ0n) is 8.90. The second-order valence-corrected chi connectivity index (χ2v) is 3.31. The summed E-state index contributed by atoms with van der Waals surface area (Å²) in [5.74, 6) is 0.973. The molecule has 0 spiro atoms. The van der Waals surface area contributed by atoms with Gasteiger partial charge in [-0.3, -0.25) is 0 Å². The predicted octanol–water partition coefficient (Wildman–Crippen LogP) is 2.18. The maximum absolute atomic E-state index is 8.82. The van der Waals surface area contributed by atoms with Crippen LogP contribution in [0.3, 0.4) is 0 Å². The summed E-state index contributed by atoms with van der Waals surface area (Å²) in [5.41, 5.74) is 1.41. The summed E-state index contributed by atoms with van der Waals surface area (Å²) in [6.45, 7) is 0. The molecule has 1 aromatic carbocycles. The van der Waals surface area contributed by atoms with Gasteiger partial charge >= 0.3 is 0 Å². The molecule has 1 aromatic heterocycles. The third-order valence-corrected chi connectivity index (χ3v) is 2.20. The minimum absolute atomic E-state index is 0.299. The van der Waals surface area contributed by atoms with Crippen LogP contribution in [0, 0.1) is 11.3 Å². The number of hydrogen-bond donors (Lipinski definition) is 1. The van der Waals surface area contributed by atoms with E-state index in [0.717, 1.165) is 5.56 Å². The lowest BCUT2D eigenvalue weighted by Crippen LogP contribution is -1.88. The summed E-state index contributed by atoms with van der Waals surface area (Å²) in [6, 6.07) is 11.9. The topological polar surface area (TPSA) is 61.9 Å². The fourth-order valence-corrected chi connectivity index (χ4v) is 1.46. The molecule has 2 aromatic rings. The molecule has 4 nitrogen and oxygen atoms in total. The van der Waals surface area contributed by atoms with Crippen LogP contribution in [0.1, 0.15) is 17.1 Å². The van der Waals surface area contributed by atoms with Crippen LogP contribution in [0.2, 0.25) is 0 Å². The van der Waals surface area contributed by atoms with Crippen molar-refractivity contribution in [3.05, 3.63) is 47.5 Å². The highest BCUT2D eigenvalue weighted by Gasteiger charge is 2.11. The van der Waals surface area contributed by atoms with Gasteiger partial charge in [-0.25, -0.2) is 4.98 Å². The van der Waals surface area contributed by atoms with Crippen molar-refractivity contribution in [1.29, 1.82) is 5.26 Å². The Morgan fingerprint density at radius 1 is 1.38 bits per heavy atom. The maximum Gasteiger partial charge on any atom is 0.231 e. The molecule has 0 amide bonds. The Morgan fingerprint density at radius 2 is 2.12 bits per heavy atom. The highest BCUT2D eigenvalue weighted by atomic mass is 16.4. The Bertz CT molecular complexity index is 511. The first-order valence-corrected chi connectivity index (χ1v) is 4.95. The standard InChI is InChI=1S/C12H11N3O/c1-14-12-10(8-13)15-11(16-12)7-9-5-3-2-4-6-9/h2-6,14H,7H2,1H3. The second kappa shape index (κ2) is 4.49. The summed E-state index contributed by atoms with van der Waals surface area (Å²) in [5, 5.41) is 11.6. The average Bonchev–Trinajstić information content (AvgIpc) is 2.72. The quantitative estimate of drug-likeness (QED) is 0.848. The van der Waals surface area contributed by atoms with Gasteiger partial charge in [-0.05, 0) is 5.56 Å². The van der Waals surface area contributed by atoms with Crippen LogP contribution in [-0.2, 0) is 6.42 Å². The van der Waals surface area contributed by atoms with Crippen molar-refractivity contribution in [1.82, 2.24) is 4.98 Å². The van der Waals surface area contributed by atoms with Crippen LogP contribution >= 0.6 is 0 Å². The van der Waals surface area contributed by atoms with E-state index in [0.29, 0.717) is 23.9 Å². The summed E-state index contributed by atoms with van der Waals surface area (Å²) in [7, 11) is 1.70. The highest BCUT2D eigenvalue weighted by Crippen LogP contribution is 2.17. The van der Waals surface area contributed by atoms with Crippen LogP contribution in [-0.4, -0.2) is 12.0 Å². The van der Waals surface area contributed by atoms with E-state index in [1.165, 1.54) is 0 Å². The Kier molecular flexibility index (Phi) is 2.88. The molecule has 0 unspecified atom stereocenters. The maximum atomic E-state index is 8.82. The van der Waals surface area contributed by atoms with E-state index in [9.17, 15) is 0 Å². The van der Waals surface area contributed by atoms with Crippen LogP contribution in [0.4, 0.5) is 5.88 Å². The number of hydrogen-bond acceptors (Lipinski definition) is 4. The van der Waals surface area contributed by atoms with Gasteiger partial charge in [0.1, 0.15) is 6.07 Å². The van der Waals surface area contributed by atoms with E-state index in [2.05, 4.69) is 10.3 Å². The van der Waals surface area contributed by atoms with Crippen molar-refractivity contribution in [2.75, 3.05) is 12.4 Å². The highest BCUT2D eigenvalue weighted by molar-refractivity contribution is 5.44. The molecule has 0 fully saturated rings. The SMILES string of the molecule is CNc1oc(Cc2ccccc2)nc1C#N. The first-order chi connectivity index (χ1) is 7.83. The minimum Gasteiger partial charge on any atom is -0.423 e. The molecule has 0 saturated carbocycles. The fourth-order valence-electron chi connectivity index (χ4n) is 1.46. The van der Waals surface area contributed by atoms with Crippen molar-refractivity contribution in [3.63, 3.8) is 0 Å². The van der Waals surface area contributed by atoms with E-state index >= 15 is 0 Å². The van der Waals surface area contributed by atoms with Gasteiger partial charge in [0.15, 0.2) is 0 Å². The molecule has 0 bridgehead atoms. The van der Waals surface area contributed by atoms with Gasteiger partial charge in [0.05, 0.1) is 0 Å². The number of rotatable bonds is 3. The molecule has 0 saturated heterocycles. The van der Waals surface area contributed by atoms with Crippen LogP contribution < -0.4 is 5.32 Å². The van der Waals surface area contributed by atoms with Gasteiger partial charge in [-0.1, -0.05) is 30.3 Å². The molecular formula is C12H11N3O. The van der Waals surface area contributed by atoms with Crippen LogP contribution in [0.15, 0.2) is 34.7 Å². The fraction of sp³-hybridized carbons (Fsp3) is 0.167. The van der Waals surface area contributed by atoms with Gasteiger partial charge in [0.25, 0.3) is 0 Å². The number of benzene rings is 1. The number of oxazole rings is 1. The molecule has 16 heavy (non-hydrogen) atoms. The molecule has 0 aliphatic carbocycles. The molecule has 0 atom stereocenters. The van der Waals surface area contributed by atoms with E-state index < -0.39 is 0 Å². The van der Waals surface area contributed by atoms with Gasteiger partial charge in [-0.2, -0.15) is 5.26 Å². The first-order valence-electron chi connectivity index (χ1n) is 4.95. The van der Waals surface area contributed by atoms with Gasteiger partial charge in [-0.15, -0.1) is 0 Å². The second-order valence-electron chi connectivity index (χ2n) is 3.31. The summed E-state index contributed by atoms with van der Waals surface area (Å²) < 4.78 is 5.41. The summed E-state index contributed by atoms with van der Waals surface area (Å²) in [6.07, 6.45) is 0.594. The zero-order valence-corrected chi connectivity index (χ0v) is 8.90. The monoisotopic (exact) mass is 213 g/mol. The Balaban J connectivity index is 2.23. The van der Waals surface area contributed by atoms with Crippen molar-refractivity contribution < 1.29 is 4.42 Å². The molecule has 0 radical (unpaired) electrons. The third-order valence-electron chi connectivity index (χ3n) is 2.20. The van der Waals surface area contributed by atoms with Crippen molar-refractivity contribution in [3.8, 4) is 6.07 Å². The summed E-state index contributed by atoms with van der Waals surface area (Å²) >= 11 is 0. The Morgan fingerprint density at radius 3 is 2.69 bits per heavy atom. The molecule has 4 heteroatoms. The molecule has 2 rings (SSSR count). The lowest BCUT2D eigenvalue weighted by Gasteiger charge is -1.95. The number of aromatic nitrogens is 1. The largest absolute Gasteiger partial charge is 0.423 e. The molecule has 0 aliphatic heterocycles. The molecule has 80 valence electrons. The van der Waals surface area contributed by atoms with E-state index in [1.54, 1.807) is 7.05 Å². The lowest BCUT2D eigenvalue weighted by molar-refractivity contribution is 0.520. The Labute approximate surface area is 93.5 Å². The smallest absolute Gasteiger partial charge is 0.231 e. The summed E-state index contributed by atoms with van der Waals surface area (Å²) in [4.78, 5) is 4.10. The van der Waals surface area contributed by atoms with Crippen molar-refractivity contribution >= 4 is 5.88 Å². The number of nitrogens with zero attached hydrogens (tertiary/aromatic N) is 2. The van der Waals surface area contributed by atoms with E-state index in [1.807, 2.05) is 36.4 Å². The molecule has 1 heterocycles. The average molecular weight is 213 g/mol. The molecule has 0 aliphatic rings. The normalized spacial score (nSPS) is 9.75. The Hall–Kier alpha value is -2.28. The van der Waals surface area contributed by atoms with Gasteiger partial charge in [0.2, 0.25) is 17.5 Å². The first kappa shape index (κ1) is 10.2. The number of nitriles is 1. The van der Waals surface area contributed by atoms with Gasteiger partial charge < -0.3 is 9.73 Å². The van der Waals surface area contributed by atoms with Crippen LogP contribution in [0.5, 0.6) is 0 Å². The zero-order chi connectivity index (χ0) is 11.4. The number of nitrogens with one attached hydrogen (secondary N) is 1. The lowest BCUT2D eigenvalue weighted by atomic mass is 10.1. The van der Waals surface area contributed by atoms with E-state index in [4.69, 9.17) is 9.68 Å². The minimum atomic E-state index is 0.299. The van der Waals surface area contributed by atoms with Gasteiger partial charge in [0, 0.05) is 13.5 Å². The van der Waals surface area contributed by atoms with Crippen molar-refractivity contribution in [2.45, 2.75) is 6.42 Å². The van der Waals surface area contributed by atoms with Crippen molar-refractivity contribution in [2.24, 2.45) is 0 Å². The van der Waals surface area contributed by atoms with E-state index in [-0.39, 0.29) is 0 Å². The predicted molar refractivity (Wildman–Crippen MR) is 60.0 cm³/mol. The molecule has 1 N–H and O–H groups in total. The van der Waals surface area contributed by atoms with Crippen LogP contribution in [0.25, 0.3) is 0 Å². The molecular weight excluding hydrogens is 202 g/mol.